The topological polar surface area (TPSA) is 29.5 Å². The average molecular weight is 275 g/mol. The van der Waals surface area contributed by atoms with Crippen molar-refractivity contribution in [3.63, 3.8) is 0 Å². The molecule has 1 aliphatic rings. The van der Waals surface area contributed by atoms with Crippen LogP contribution in [0.5, 0.6) is 0 Å². The second kappa shape index (κ2) is 7.44. The summed E-state index contributed by atoms with van der Waals surface area (Å²) in [4.78, 5) is 14.2. The van der Waals surface area contributed by atoms with Gasteiger partial charge in [0, 0.05) is 38.6 Å². The number of aryl methyl sites for hydroxylation is 1. The zero-order valence-electron chi connectivity index (χ0n) is 12.6. The molecule has 3 nitrogen and oxygen atoms in total. The molecule has 20 heavy (non-hydrogen) atoms. The zero-order chi connectivity index (χ0) is 14.4. The van der Waals surface area contributed by atoms with E-state index in [0.717, 1.165) is 32.5 Å². The smallest absolute Gasteiger partial charge is 0.222 e. The fraction of sp³-hybridized carbons (Fsp3) is 0.588. The first-order valence-electron chi connectivity index (χ1n) is 7.63. The van der Waals surface area contributed by atoms with Crippen LogP contribution in [-0.4, -0.2) is 37.1 Å². The van der Waals surface area contributed by atoms with Crippen molar-refractivity contribution in [2.45, 2.75) is 39.0 Å². The van der Waals surface area contributed by atoms with E-state index in [1.165, 1.54) is 11.1 Å². The number of hydrogen-bond donors (Lipinski definition) is 0. The van der Waals surface area contributed by atoms with Gasteiger partial charge in [-0.2, -0.15) is 0 Å². The quantitative estimate of drug-likeness (QED) is 0.747. The summed E-state index contributed by atoms with van der Waals surface area (Å²) in [7, 11) is 0. The molecular weight excluding hydrogens is 250 g/mol. The monoisotopic (exact) mass is 275 g/mol. The Hall–Kier alpha value is -1.35. The molecule has 0 aromatic heterocycles. The second-order valence-corrected chi connectivity index (χ2v) is 5.48. The number of nitrogens with zero attached hydrogens (tertiary/aromatic N) is 1. The van der Waals surface area contributed by atoms with Gasteiger partial charge in [-0.05, 0) is 37.8 Å². The van der Waals surface area contributed by atoms with E-state index in [1.54, 1.807) is 0 Å². The van der Waals surface area contributed by atoms with E-state index < -0.39 is 0 Å². The van der Waals surface area contributed by atoms with Gasteiger partial charge in [0.15, 0.2) is 0 Å². The van der Waals surface area contributed by atoms with E-state index in [-0.39, 0.29) is 5.91 Å². The summed E-state index contributed by atoms with van der Waals surface area (Å²) in [5.74, 6) is 0.785. The Morgan fingerprint density at radius 1 is 1.40 bits per heavy atom. The largest absolute Gasteiger partial charge is 0.382 e. The molecular formula is C17H25NO2. The van der Waals surface area contributed by atoms with E-state index in [0.29, 0.717) is 18.9 Å². The number of ether oxygens (including phenoxy) is 1. The van der Waals surface area contributed by atoms with Crippen molar-refractivity contribution in [1.82, 2.24) is 4.90 Å². The molecule has 2 rings (SSSR count). The molecule has 1 amide bonds. The molecule has 0 bridgehead atoms. The van der Waals surface area contributed by atoms with Crippen molar-refractivity contribution in [1.29, 1.82) is 0 Å². The number of carbonyl (C=O) groups excluding carboxylic acids is 1. The highest BCUT2D eigenvalue weighted by molar-refractivity contribution is 5.76. The summed E-state index contributed by atoms with van der Waals surface area (Å²) in [6.07, 6.45) is 2.53. The lowest BCUT2D eigenvalue weighted by atomic mass is 9.94. The normalized spacial score (nSPS) is 18.5. The number of hydrogen-bond acceptors (Lipinski definition) is 2. The van der Waals surface area contributed by atoms with Gasteiger partial charge in [-0.15, -0.1) is 0 Å². The molecule has 0 radical (unpaired) electrons. The first-order valence-corrected chi connectivity index (χ1v) is 7.63. The second-order valence-electron chi connectivity index (χ2n) is 5.48. The van der Waals surface area contributed by atoms with Gasteiger partial charge in [-0.1, -0.05) is 24.3 Å². The van der Waals surface area contributed by atoms with Crippen LogP contribution < -0.4 is 0 Å². The molecule has 110 valence electrons. The minimum absolute atomic E-state index is 0.279. The zero-order valence-corrected chi connectivity index (χ0v) is 12.6. The van der Waals surface area contributed by atoms with Gasteiger partial charge >= 0.3 is 0 Å². The van der Waals surface area contributed by atoms with E-state index in [1.807, 2.05) is 11.8 Å². The van der Waals surface area contributed by atoms with Crippen LogP contribution in [0.1, 0.15) is 43.2 Å². The van der Waals surface area contributed by atoms with Gasteiger partial charge in [-0.3, -0.25) is 4.79 Å². The van der Waals surface area contributed by atoms with Crippen molar-refractivity contribution in [3.05, 3.63) is 35.4 Å². The summed E-state index contributed by atoms with van der Waals surface area (Å²) >= 11 is 0. The Balaban J connectivity index is 1.83. The Kier molecular flexibility index (Phi) is 5.60. The predicted molar refractivity (Wildman–Crippen MR) is 80.8 cm³/mol. The molecule has 1 fully saturated rings. The van der Waals surface area contributed by atoms with Crippen LogP contribution in [0.4, 0.5) is 0 Å². The van der Waals surface area contributed by atoms with Crippen molar-refractivity contribution in [2.24, 2.45) is 0 Å². The molecule has 0 aliphatic carbocycles. The summed E-state index contributed by atoms with van der Waals surface area (Å²) in [5, 5.41) is 0. The maximum Gasteiger partial charge on any atom is 0.222 e. The highest BCUT2D eigenvalue weighted by Gasteiger charge is 2.27. The standard InChI is InChI=1S/C17H25NO2/c1-3-20-12-6-9-17(19)18-11-10-15(13-18)16-8-5-4-7-14(16)2/h4-5,7-8,15H,3,6,9-13H2,1-2H3. The Bertz CT molecular complexity index is 444. The average Bonchev–Trinajstić information content (AvgIpc) is 2.93. The van der Waals surface area contributed by atoms with Crippen LogP contribution in [0.25, 0.3) is 0 Å². The third-order valence-corrected chi connectivity index (χ3v) is 4.05. The summed E-state index contributed by atoms with van der Waals surface area (Å²) in [6, 6.07) is 8.52. The van der Waals surface area contributed by atoms with Gasteiger partial charge in [0.1, 0.15) is 0 Å². The summed E-state index contributed by atoms with van der Waals surface area (Å²) < 4.78 is 5.28. The molecule has 3 heteroatoms. The van der Waals surface area contributed by atoms with Crippen molar-refractivity contribution in [3.8, 4) is 0 Å². The van der Waals surface area contributed by atoms with E-state index >= 15 is 0 Å². The Morgan fingerprint density at radius 2 is 2.20 bits per heavy atom. The van der Waals surface area contributed by atoms with Crippen LogP contribution in [-0.2, 0) is 9.53 Å². The summed E-state index contributed by atoms with van der Waals surface area (Å²) in [5.41, 5.74) is 2.74. The van der Waals surface area contributed by atoms with E-state index in [2.05, 4.69) is 31.2 Å². The molecule has 0 N–H and O–H groups in total. The van der Waals surface area contributed by atoms with Crippen LogP contribution in [0, 0.1) is 6.92 Å². The van der Waals surface area contributed by atoms with Crippen LogP contribution >= 0.6 is 0 Å². The number of benzene rings is 1. The van der Waals surface area contributed by atoms with Crippen molar-refractivity contribution in [2.75, 3.05) is 26.3 Å². The SMILES string of the molecule is CCOCCCC(=O)N1CCC(c2ccccc2C)C1. The number of carbonyl (C=O) groups is 1. The van der Waals surface area contributed by atoms with Gasteiger partial charge in [0.05, 0.1) is 0 Å². The molecule has 1 aliphatic heterocycles. The third kappa shape index (κ3) is 3.83. The van der Waals surface area contributed by atoms with E-state index in [9.17, 15) is 4.79 Å². The first-order chi connectivity index (χ1) is 9.72. The van der Waals surface area contributed by atoms with Gasteiger partial charge in [-0.25, -0.2) is 0 Å². The van der Waals surface area contributed by atoms with Gasteiger partial charge in [0.25, 0.3) is 0 Å². The molecule has 1 saturated heterocycles. The predicted octanol–water partition coefficient (Wildman–Crippen LogP) is 3.13. The molecule has 0 spiro atoms. The number of amides is 1. The maximum absolute atomic E-state index is 12.1. The lowest BCUT2D eigenvalue weighted by molar-refractivity contribution is -0.130. The molecule has 1 atom stereocenters. The molecule has 1 unspecified atom stereocenters. The summed E-state index contributed by atoms with van der Waals surface area (Å²) in [6.45, 7) is 7.33. The van der Waals surface area contributed by atoms with Crippen molar-refractivity contribution >= 4 is 5.91 Å². The van der Waals surface area contributed by atoms with Gasteiger partial charge < -0.3 is 9.64 Å². The lowest BCUT2D eigenvalue weighted by Gasteiger charge is -2.17. The minimum atomic E-state index is 0.279. The van der Waals surface area contributed by atoms with Gasteiger partial charge in [0.2, 0.25) is 5.91 Å². The lowest BCUT2D eigenvalue weighted by Crippen LogP contribution is -2.28. The van der Waals surface area contributed by atoms with Crippen LogP contribution in [0.15, 0.2) is 24.3 Å². The van der Waals surface area contributed by atoms with Crippen LogP contribution in [0.3, 0.4) is 0 Å². The van der Waals surface area contributed by atoms with Crippen molar-refractivity contribution < 1.29 is 9.53 Å². The fourth-order valence-electron chi connectivity index (χ4n) is 2.91. The highest BCUT2D eigenvalue weighted by atomic mass is 16.5. The molecule has 1 aromatic rings. The highest BCUT2D eigenvalue weighted by Crippen LogP contribution is 2.29. The molecule has 1 heterocycles. The molecule has 0 saturated carbocycles. The maximum atomic E-state index is 12.1. The minimum Gasteiger partial charge on any atom is -0.382 e. The first kappa shape index (κ1) is 15.0. The fourth-order valence-corrected chi connectivity index (χ4v) is 2.91. The Morgan fingerprint density at radius 3 is 2.95 bits per heavy atom. The number of likely N-dealkylation sites (tertiary alicyclic amines) is 1. The number of rotatable bonds is 6. The molecule has 1 aromatic carbocycles. The van der Waals surface area contributed by atoms with Crippen LogP contribution in [0.2, 0.25) is 0 Å². The Labute approximate surface area is 121 Å². The van der Waals surface area contributed by atoms with E-state index in [4.69, 9.17) is 4.74 Å². The third-order valence-electron chi connectivity index (χ3n) is 4.05.